The molecule has 3 rings (SSSR count). The van der Waals surface area contributed by atoms with Gasteiger partial charge in [0, 0.05) is 30.8 Å². The van der Waals surface area contributed by atoms with Gasteiger partial charge in [0.1, 0.15) is 18.3 Å². The number of piperidine rings is 1. The van der Waals surface area contributed by atoms with Crippen molar-refractivity contribution in [3.8, 4) is 5.69 Å². The number of amides is 1. The maximum absolute atomic E-state index is 12.8. The fourth-order valence-corrected chi connectivity index (χ4v) is 3.06. The van der Waals surface area contributed by atoms with Crippen molar-refractivity contribution in [3.05, 3.63) is 46.5 Å². The number of rotatable bonds is 3. The number of hydrogen-bond acceptors (Lipinski definition) is 6. The predicted molar refractivity (Wildman–Crippen MR) is 90.3 cm³/mol. The lowest BCUT2D eigenvalue weighted by Crippen LogP contribution is -2.54. The van der Waals surface area contributed by atoms with Gasteiger partial charge >= 0.3 is 0 Å². The normalized spacial score (nSPS) is 19.6. The van der Waals surface area contributed by atoms with Gasteiger partial charge in [0.2, 0.25) is 0 Å². The minimum atomic E-state index is -0.524. The Morgan fingerprint density at radius 2 is 2.20 bits per heavy atom. The maximum Gasteiger partial charge on any atom is 0.295 e. The Kier molecular flexibility index (Phi) is 4.25. The van der Waals surface area contributed by atoms with Crippen molar-refractivity contribution in [2.24, 2.45) is 11.1 Å². The second-order valence-electron chi connectivity index (χ2n) is 6.91. The van der Waals surface area contributed by atoms with Crippen molar-refractivity contribution in [3.63, 3.8) is 0 Å². The highest BCUT2D eigenvalue weighted by molar-refractivity contribution is 5.95. The summed E-state index contributed by atoms with van der Waals surface area (Å²) in [5, 5.41) is 15.3. The minimum absolute atomic E-state index is 0.0283. The molecule has 9 nitrogen and oxygen atoms in total. The largest absolute Gasteiger partial charge is 0.338 e. The average Bonchev–Trinajstić information content (AvgIpc) is 3.10. The second-order valence-corrected chi connectivity index (χ2v) is 6.91. The molecule has 1 amide bonds. The molecule has 1 saturated heterocycles. The standard InChI is InChI=1S/C16H20N6O3/c1-16(2)8-20(6-5-14(16)17)15(23)11-3-4-12(13(7-11)22(24)25)21-10-18-9-19-21/h3-4,7,9-10,14H,5-6,8,17H2,1-2H3. The van der Waals surface area contributed by atoms with Gasteiger partial charge in [-0.15, -0.1) is 0 Å². The van der Waals surface area contributed by atoms with E-state index in [9.17, 15) is 14.9 Å². The molecule has 1 aliphatic rings. The van der Waals surface area contributed by atoms with E-state index in [1.807, 2.05) is 13.8 Å². The molecular weight excluding hydrogens is 324 g/mol. The average molecular weight is 344 g/mol. The predicted octanol–water partition coefficient (Wildman–Crippen LogP) is 1.37. The molecular formula is C16H20N6O3. The fraction of sp³-hybridized carbons (Fsp3) is 0.438. The Morgan fingerprint density at radius 3 is 2.80 bits per heavy atom. The molecule has 0 bridgehead atoms. The van der Waals surface area contributed by atoms with Crippen molar-refractivity contribution < 1.29 is 9.72 Å². The summed E-state index contributed by atoms with van der Waals surface area (Å²) in [5.74, 6) is -0.229. The number of nitro benzene ring substituents is 1. The van der Waals surface area contributed by atoms with Crippen LogP contribution in [-0.4, -0.2) is 49.6 Å². The van der Waals surface area contributed by atoms with Crippen LogP contribution in [0.15, 0.2) is 30.9 Å². The Bertz CT molecular complexity index is 802. The highest BCUT2D eigenvalue weighted by Crippen LogP contribution is 2.30. The molecule has 0 saturated carbocycles. The molecule has 0 radical (unpaired) electrons. The number of benzene rings is 1. The summed E-state index contributed by atoms with van der Waals surface area (Å²) < 4.78 is 1.30. The molecule has 2 heterocycles. The zero-order valence-electron chi connectivity index (χ0n) is 14.1. The molecule has 9 heteroatoms. The molecule has 2 aromatic rings. The van der Waals surface area contributed by atoms with Crippen LogP contribution in [0.4, 0.5) is 5.69 Å². The van der Waals surface area contributed by atoms with Gasteiger partial charge in [-0.1, -0.05) is 13.8 Å². The summed E-state index contributed by atoms with van der Waals surface area (Å²) in [6.07, 6.45) is 3.37. The zero-order chi connectivity index (χ0) is 18.2. The van der Waals surface area contributed by atoms with Crippen LogP contribution in [0.2, 0.25) is 0 Å². The van der Waals surface area contributed by atoms with Crippen molar-refractivity contribution in [2.75, 3.05) is 13.1 Å². The number of hydrogen-bond donors (Lipinski definition) is 1. The van der Waals surface area contributed by atoms with Crippen LogP contribution in [0.5, 0.6) is 0 Å². The van der Waals surface area contributed by atoms with E-state index in [-0.39, 0.29) is 34.3 Å². The van der Waals surface area contributed by atoms with Gasteiger partial charge in [-0.05, 0) is 24.0 Å². The third-order valence-corrected chi connectivity index (χ3v) is 4.68. The first-order valence-corrected chi connectivity index (χ1v) is 7.98. The lowest BCUT2D eigenvalue weighted by Gasteiger charge is -2.42. The van der Waals surface area contributed by atoms with Crippen LogP contribution in [0.25, 0.3) is 5.69 Å². The Hall–Kier alpha value is -2.81. The molecule has 132 valence electrons. The second kappa shape index (κ2) is 6.25. The van der Waals surface area contributed by atoms with E-state index in [4.69, 9.17) is 5.73 Å². The Morgan fingerprint density at radius 1 is 1.44 bits per heavy atom. The first-order valence-electron chi connectivity index (χ1n) is 7.98. The van der Waals surface area contributed by atoms with E-state index in [0.29, 0.717) is 19.5 Å². The van der Waals surface area contributed by atoms with E-state index >= 15 is 0 Å². The van der Waals surface area contributed by atoms with Crippen molar-refractivity contribution in [1.82, 2.24) is 19.7 Å². The van der Waals surface area contributed by atoms with Crippen LogP contribution in [-0.2, 0) is 0 Å². The van der Waals surface area contributed by atoms with Crippen LogP contribution in [0.3, 0.4) is 0 Å². The molecule has 1 unspecified atom stereocenters. The van der Waals surface area contributed by atoms with Crippen molar-refractivity contribution >= 4 is 11.6 Å². The van der Waals surface area contributed by atoms with E-state index in [1.54, 1.807) is 11.0 Å². The van der Waals surface area contributed by atoms with E-state index < -0.39 is 4.92 Å². The summed E-state index contributed by atoms with van der Waals surface area (Å²) >= 11 is 0. The lowest BCUT2D eigenvalue weighted by molar-refractivity contribution is -0.384. The molecule has 1 aliphatic heterocycles. The van der Waals surface area contributed by atoms with Crippen LogP contribution in [0.1, 0.15) is 30.6 Å². The summed E-state index contributed by atoms with van der Waals surface area (Å²) in [5.41, 5.74) is 6.27. The molecule has 0 spiro atoms. The molecule has 1 fully saturated rings. The molecule has 0 aliphatic carbocycles. The fourth-order valence-electron chi connectivity index (χ4n) is 3.06. The zero-order valence-corrected chi connectivity index (χ0v) is 14.1. The monoisotopic (exact) mass is 344 g/mol. The summed E-state index contributed by atoms with van der Waals surface area (Å²) in [6, 6.07) is 4.41. The summed E-state index contributed by atoms with van der Waals surface area (Å²) in [7, 11) is 0. The maximum atomic E-state index is 12.8. The molecule has 2 N–H and O–H groups in total. The minimum Gasteiger partial charge on any atom is -0.338 e. The number of nitrogens with two attached hydrogens (primary N) is 1. The Labute approximate surface area is 144 Å². The van der Waals surface area contributed by atoms with Gasteiger partial charge in [0.25, 0.3) is 11.6 Å². The SMILES string of the molecule is CC1(C)CN(C(=O)c2ccc(-n3cncn3)c([N+](=O)[O-])c2)CCC1N. The summed E-state index contributed by atoms with van der Waals surface area (Å²) in [4.78, 5) is 29.2. The quantitative estimate of drug-likeness (QED) is 0.663. The number of carbonyl (C=O) groups is 1. The first-order chi connectivity index (χ1) is 11.8. The first kappa shape index (κ1) is 17.0. The molecule has 1 aromatic carbocycles. The number of nitro groups is 1. The van der Waals surface area contributed by atoms with Crippen molar-refractivity contribution in [1.29, 1.82) is 0 Å². The van der Waals surface area contributed by atoms with Crippen LogP contribution >= 0.6 is 0 Å². The third kappa shape index (κ3) is 3.22. The number of aromatic nitrogens is 3. The molecule has 1 aromatic heterocycles. The van der Waals surface area contributed by atoms with Gasteiger partial charge in [-0.25, -0.2) is 9.67 Å². The lowest BCUT2D eigenvalue weighted by atomic mass is 9.79. The number of likely N-dealkylation sites (tertiary alicyclic amines) is 1. The van der Waals surface area contributed by atoms with E-state index in [0.717, 1.165) is 0 Å². The highest BCUT2D eigenvalue weighted by Gasteiger charge is 2.36. The van der Waals surface area contributed by atoms with Gasteiger partial charge in [0.15, 0.2) is 0 Å². The topological polar surface area (TPSA) is 120 Å². The molecule has 25 heavy (non-hydrogen) atoms. The molecule has 1 atom stereocenters. The summed E-state index contributed by atoms with van der Waals surface area (Å²) in [6.45, 7) is 5.11. The van der Waals surface area contributed by atoms with Gasteiger partial charge in [0.05, 0.1) is 4.92 Å². The third-order valence-electron chi connectivity index (χ3n) is 4.68. The van der Waals surface area contributed by atoms with Crippen LogP contribution in [0, 0.1) is 15.5 Å². The number of carbonyl (C=O) groups excluding carboxylic acids is 1. The number of nitrogens with zero attached hydrogens (tertiary/aromatic N) is 5. The van der Waals surface area contributed by atoms with Gasteiger partial charge < -0.3 is 10.6 Å². The van der Waals surface area contributed by atoms with Crippen molar-refractivity contribution in [2.45, 2.75) is 26.3 Å². The Balaban J connectivity index is 1.91. The van der Waals surface area contributed by atoms with E-state index in [2.05, 4.69) is 10.1 Å². The van der Waals surface area contributed by atoms with Gasteiger partial charge in [-0.3, -0.25) is 14.9 Å². The van der Waals surface area contributed by atoms with Gasteiger partial charge in [-0.2, -0.15) is 5.10 Å². The van der Waals surface area contributed by atoms with Crippen LogP contribution < -0.4 is 5.73 Å². The highest BCUT2D eigenvalue weighted by atomic mass is 16.6. The van der Waals surface area contributed by atoms with E-state index in [1.165, 1.54) is 29.5 Å². The smallest absolute Gasteiger partial charge is 0.295 e.